The Labute approximate surface area is 230 Å². The molecule has 0 unspecified atom stereocenters. The van der Waals surface area contributed by atoms with E-state index in [0.717, 1.165) is 17.7 Å². The fourth-order valence-electron chi connectivity index (χ4n) is 5.83. The fraction of sp³-hybridized carbons (Fsp3) is 0.375. The van der Waals surface area contributed by atoms with Crippen LogP contribution in [-0.2, 0) is 9.53 Å². The molecule has 1 saturated heterocycles. The molecular formula is C32H36N2O3S. The maximum absolute atomic E-state index is 13.0. The molecule has 3 aromatic rings. The van der Waals surface area contributed by atoms with E-state index in [1.807, 2.05) is 47.4 Å². The molecule has 1 aliphatic heterocycles. The summed E-state index contributed by atoms with van der Waals surface area (Å²) in [7, 11) is 0. The first kappa shape index (κ1) is 26.4. The lowest BCUT2D eigenvalue weighted by molar-refractivity contribution is -0.133. The summed E-state index contributed by atoms with van der Waals surface area (Å²) in [5.74, 6) is 0.864. The third-order valence-electron chi connectivity index (χ3n) is 7.81. The average Bonchev–Trinajstić information content (AvgIpc) is 3.45. The van der Waals surface area contributed by atoms with Gasteiger partial charge < -0.3 is 15.0 Å². The van der Waals surface area contributed by atoms with E-state index in [-0.39, 0.29) is 36.6 Å². The van der Waals surface area contributed by atoms with Crippen LogP contribution in [0.1, 0.15) is 56.6 Å². The van der Waals surface area contributed by atoms with Gasteiger partial charge in [0, 0.05) is 41.1 Å². The molecule has 2 amide bonds. The molecule has 1 N–H and O–H groups in total. The summed E-state index contributed by atoms with van der Waals surface area (Å²) in [6.07, 6.45) is 2.67. The summed E-state index contributed by atoms with van der Waals surface area (Å²) < 4.78 is 5.81. The maximum atomic E-state index is 13.0. The zero-order chi connectivity index (χ0) is 26.5. The number of fused-ring (bicyclic) bond motifs is 3. The summed E-state index contributed by atoms with van der Waals surface area (Å²) >= 11 is 1.69. The number of benzene rings is 3. The number of nitrogens with zero attached hydrogens (tertiary/aromatic N) is 1. The predicted octanol–water partition coefficient (Wildman–Crippen LogP) is 6.87. The van der Waals surface area contributed by atoms with Crippen LogP contribution in [0, 0.1) is 0 Å². The number of hydrogen-bond donors (Lipinski definition) is 1. The van der Waals surface area contributed by atoms with Gasteiger partial charge in [-0.25, -0.2) is 4.79 Å². The molecule has 0 spiro atoms. The van der Waals surface area contributed by atoms with Crippen molar-refractivity contribution in [1.82, 2.24) is 10.2 Å². The third-order valence-corrected chi connectivity index (χ3v) is 8.98. The van der Waals surface area contributed by atoms with Crippen LogP contribution < -0.4 is 5.32 Å². The Morgan fingerprint density at radius 3 is 2.11 bits per heavy atom. The van der Waals surface area contributed by atoms with E-state index in [1.165, 1.54) is 22.3 Å². The van der Waals surface area contributed by atoms with E-state index in [9.17, 15) is 9.59 Å². The highest BCUT2D eigenvalue weighted by atomic mass is 32.2. The lowest BCUT2D eigenvalue weighted by Gasteiger charge is -2.27. The van der Waals surface area contributed by atoms with Crippen LogP contribution in [0.4, 0.5) is 4.79 Å². The third kappa shape index (κ3) is 5.91. The lowest BCUT2D eigenvalue weighted by atomic mass is 9.98. The van der Waals surface area contributed by atoms with Crippen molar-refractivity contribution in [3.8, 4) is 11.1 Å². The number of hydrogen-bond acceptors (Lipinski definition) is 4. The Bertz CT molecular complexity index is 1210. The summed E-state index contributed by atoms with van der Waals surface area (Å²) in [5, 5.41) is 3.07. The van der Waals surface area contributed by atoms with Crippen LogP contribution in [0.25, 0.3) is 11.1 Å². The van der Waals surface area contributed by atoms with Gasteiger partial charge in [-0.05, 0) is 67.5 Å². The first-order valence-corrected chi connectivity index (χ1v) is 14.6. The van der Waals surface area contributed by atoms with Crippen LogP contribution in [-0.4, -0.2) is 47.4 Å². The number of alkyl carbamates (subject to hydrolysis) is 1. The quantitative estimate of drug-likeness (QED) is 0.308. The molecule has 5 nitrogen and oxygen atoms in total. The average molecular weight is 529 g/mol. The van der Waals surface area contributed by atoms with E-state index in [0.29, 0.717) is 18.6 Å². The minimum atomic E-state index is -0.430. The number of amides is 2. The maximum Gasteiger partial charge on any atom is 0.407 e. The van der Waals surface area contributed by atoms with Gasteiger partial charge in [0.05, 0.1) is 0 Å². The summed E-state index contributed by atoms with van der Waals surface area (Å²) in [4.78, 5) is 29.2. The molecule has 0 aromatic heterocycles. The van der Waals surface area contributed by atoms with Gasteiger partial charge in [-0.3, -0.25) is 4.79 Å². The van der Waals surface area contributed by atoms with Gasteiger partial charge in [0.1, 0.15) is 6.61 Å². The Morgan fingerprint density at radius 2 is 1.47 bits per heavy atom. The molecule has 0 radical (unpaired) electrons. The van der Waals surface area contributed by atoms with Gasteiger partial charge >= 0.3 is 6.09 Å². The van der Waals surface area contributed by atoms with E-state index in [4.69, 9.17) is 4.74 Å². The van der Waals surface area contributed by atoms with Crippen molar-refractivity contribution in [2.24, 2.45) is 0 Å². The van der Waals surface area contributed by atoms with Gasteiger partial charge in [0.25, 0.3) is 0 Å². The molecule has 38 heavy (non-hydrogen) atoms. The van der Waals surface area contributed by atoms with Crippen molar-refractivity contribution in [2.75, 3.05) is 12.4 Å². The van der Waals surface area contributed by atoms with Gasteiger partial charge in [-0.15, -0.1) is 11.8 Å². The monoisotopic (exact) mass is 528 g/mol. The van der Waals surface area contributed by atoms with E-state index >= 15 is 0 Å². The van der Waals surface area contributed by atoms with E-state index < -0.39 is 6.09 Å². The highest BCUT2D eigenvalue weighted by molar-refractivity contribution is 7.99. The smallest absolute Gasteiger partial charge is 0.407 e. The predicted molar refractivity (Wildman–Crippen MR) is 153 cm³/mol. The van der Waals surface area contributed by atoms with Crippen molar-refractivity contribution < 1.29 is 14.3 Å². The van der Waals surface area contributed by atoms with Crippen LogP contribution in [0.15, 0.2) is 83.8 Å². The zero-order valence-electron chi connectivity index (χ0n) is 22.1. The highest BCUT2D eigenvalue weighted by Crippen LogP contribution is 2.44. The number of nitrogens with one attached hydrogen (secondary N) is 1. The Hall–Kier alpha value is -3.25. The van der Waals surface area contributed by atoms with E-state index in [1.54, 1.807) is 11.8 Å². The second-order valence-electron chi connectivity index (χ2n) is 10.4. The highest BCUT2D eigenvalue weighted by Gasteiger charge is 2.32. The van der Waals surface area contributed by atoms with Crippen molar-refractivity contribution >= 4 is 23.8 Å². The van der Waals surface area contributed by atoms with Crippen LogP contribution >= 0.6 is 11.8 Å². The topological polar surface area (TPSA) is 58.6 Å². The first-order chi connectivity index (χ1) is 18.5. The van der Waals surface area contributed by atoms with Crippen LogP contribution in [0.2, 0.25) is 0 Å². The van der Waals surface area contributed by atoms with Crippen molar-refractivity contribution in [2.45, 2.75) is 68.5 Å². The molecule has 2 aliphatic rings. The number of carbonyl (C=O) groups excluding carboxylic acids is 2. The Morgan fingerprint density at radius 1 is 0.895 bits per heavy atom. The molecule has 0 saturated carbocycles. The second-order valence-corrected chi connectivity index (χ2v) is 11.5. The van der Waals surface area contributed by atoms with Gasteiger partial charge in [-0.2, -0.15) is 0 Å². The zero-order valence-corrected chi connectivity index (χ0v) is 23.0. The largest absolute Gasteiger partial charge is 0.449 e. The molecule has 198 valence electrons. The van der Waals surface area contributed by atoms with Gasteiger partial charge in [0.15, 0.2) is 0 Å². The molecule has 6 heteroatoms. The molecule has 0 bridgehead atoms. The Balaban J connectivity index is 1.22. The molecule has 3 atom stereocenters. The lowest BCUT2D eigenvalue weighted by Crippen LogP contribution is -2.41. The van der Waals surface area contributed by atoms with Crippen LogP contribution in [0.3, 0.4) is 0 Å². The molecule has 1 heterocycles. The molecule has 3 aromatic carbocycles. The van der Waals surface area contributed by atoms with E-state index in [2.05, 4.69) is 55.6 Å². The molecule has 1 fully saturated rings. The number of likely N-dealkylation sites (tertiary alicyclic amines) is 1. The fourth-order valence-corrected chi connectivity index (χ4v) is 6.82. The normalized spacial score (nSPS) is 19.1. The number of ether oxygens (including phenoxy) is 1. The number of carbonyl (C=O) groups is 2. The molecule has 1 aliphatic carbocycles. The standard InChI is InChI=1S/C32H36N2O3S/c1-22-16-17-23(2)34(22)31(35)19-18-24(21-38-25-10-4-3-5-11-25)33-32(36)37-20-30-28-14-8-6-12-26(28)27-13-7-9-15-29(27)30/h3-15,22-24,30H,16-21H2,1-2H3,(H,33,36)/t22-,23+,24-/m1/s1. The first-order valence-electron chi connectivity index (χ1n) is 13.6. The SMILES string of the molecule is C[C@@H]1CC[C@H](C)N1C(=O)CC[C@H](CSc1ccccc1)NC(=O)OCC1c2ccccc2-c2ccccc21. The second kappa shape index (κ2) is 12.1. The van der Waals surface area contributed by atoms with Crippen molar-refractivity contribution in [3.63, 3.8) is 0 Å². The molecular weight excluding hydrogens is 492 g/mol. The van der Waals surface area contributed by atoms with Gasteiger partial charge in [-0.1, -0.05) is 66.7 Å². The number of thioether (sulfide) groups is 1. The van der Waals surface area contributed by atoms with Crippen molar-refractivity contribution in [3.05, 3.63) is 90.0 Å². The minimum absolute atomic E-state index is 0.0185. The summed E-state index contributed by atoms with van der Waals surface area (Å²) in [5.41, 5.74) is 4.80. The van der Waals surface area contributed by atoms with Gasteiger partial charge in [0.2, 0.25) is 5.91 Å². The van der Waals surface area contributed by atoms with Crippen LogP contribution in [0.5, 0.6) is 0 Å². The Kier molecular flexibility index (Phi) is 8.38. The summed E-state index contributed by atoms with van der Waals surface area (Å²) in [6.45, 7) is 4.53. The summed E-state index contributed by atoms with van der Waals surface area (Å²) in [6, 6.07) is 27.2. The minimum Gasteiger partial charge on any atom is -0.449 e. The molecule has 5 rings (SSSR count). The van der Waals surface area contributed by atoms with Crippen molar-refractivity contribution in [1.29, 1.82) is 0 Å². The number of rotatable bonds is 9.